The van der Waals surface area contributed by atoms with Crippen LogP contribution in [0.1, 0.15) is 16.8 Å². The van der Waals surface area contributed by atoms with Crippen molar-refractivity contribution in [1.82, 2.24) is 0 Å². The molecular weight excluding hydrogens is 426 g/mol. The summed E-state index contributed by atoms with van der Waals surface area (Å²) in [7, 11) is 0. The minimum Gasteiger partial charge on any atom is -0.451 e. The van der Waals surface area contributed by atoms with E-state index in [0.29, 0.717) is 0 Å². The molecule has 32 heavy (non-hydrogen) atoms. The molecular formula is C21H25NO10. The predicted octanol–water partition coefficient (Wildman–Crippen LogP) is -2.03. The summed E-state index contributed by atoms with van der Waals surface area (Å²) in [5.41, 5.74) is 0.189. The van der Waals surface area contributed by atoms with E-state index in [-0.39, 0.29) is 17.6 Å². The van der Waals surface area contributed by atoms with Gasteiger partial charge in [0.05, 0.1) is 30.4 Å². The first-order chi connectivity index (χ1) is 15.3. The van der Waals surface area contributed by atoms with Crippen molar-refractivity contribution in [3.63, 3.8) is 0 Å². The second kappa shape index (κ2) is 10.5. The molecule has 11 heteroatoms. The van der Waals surface area contributed by atoms with Crippen LogP contribution in [0.4, 0.5) is 0 Å². The topological polar surface area (TPSA) is 190 Å². The average Bonchev–Trinajstić information content (AvgIpc) is 2.80. The third-order valence-corrected chi connectivity index (χ3v) is 5.48. The Labute approximate surface area is 183 Å². The maximum atomic E-state index is 12.5. The summed E-state index contributed by atoms with van der Waals surface area (Å²) in [6, 6.07) is 9.67. The number of aliphatic hydroxyl groups is 6. The Balaban J connectivity index is 1.83. The number of nitriles is 1. The van der Waals surface area contributed by atoms with Gasteiger partial charge in [0.15, 0.2) is 12.4 Å². The summed E-state index contributed by atoms with van der Waals surface area (Å²) < 4.78 is 16.3. The molecule has 1 aliphatic carbocycles. The second-order valence-corrected chi connectivity index (χ2v) is 7.58. The summed E-state index contributed by atoms with van der Waals surface area (Å²) in [6.45, 7) is -0.672. The molecule has 11 nitrogen and oxygen atoms in total. The zero-order valence-electron chi connectivity index (χ0n) is 16.8. The molecule has 1 saturated heterocycles. The van der Waals surface area contributed by atoms with Crippen LogP contribution in [-0.4, -0.2) is 98.3 Å². The van der Waals surface area contributed by atoms with Crippen molar-refractivity contribution >= 4 is 5.97 Å². The summed E-state index contributed by atoms with van der Waals surface area (Å²) >= 11 is 0. The van der Waals surface area contributed by atoms with E-state index in [9.17, 15) is 40.7 Å². The van der Waals surface area contributed by atoms with E-state index >= 15 is 0 Å². The van der Waals surface area contributed by atoms with E-state index in [4.69, 9.17) is 14.2 Å². The van der Waals surface area contributed by atoms with Crippen molar-refractivity contribution in [1.29, 1.82) is 5.26 Å². The first kappa shape index (κ1) is 24.2. The summed E-state index contributed by atoms with van der Waals surface area (Å²) in [4.78, 5) is 12.5. The SMILES string of the molecule is N#C/C=C1/[C@H](O[C@@H]2O[C@H](CO)[C@@H](O)[C@H](O)[C@H]2O)C[C@H](O)[C@H](O)[C@H]1OC(=O)c1ccccc1. The molecule has 0 spiro atoms. The molecule has 6 N–H and O–H groups in total. The molecule has 1 aliphatic heterocycles. The average molecular weight is 451 g/mol. The first-order valence-corrected chi connectivity index (χ1v) is 9.96. The number of rotatable bonds is 5. The smallest absolute Gasteiger partial charge is 0.338 e. The number of hydrogen-bond donors (Lipinski definition) is 6. The van der Waals surface area contributed by atoms with E-state index in [2.05, 4.69) is 0 Å². The number of ether oxygens (including phenoxy) is 3. The second-order valence-electron chi connectivity index (χ2n) is 7.58. The number of allylic oxidation sites excluding steroid dienone is 1. The third-order valence-electron chi connectivity index (χ3n) is 5.48. The van der Waals surface area contributed by atoms with E-state index in [0.717, 1.165) is 6.08 Å². The van der Waals surface area contributed by atoms with Gasteiger partial charge in [-0.1, -0.05) is 18.2 Å². The van der Waals surface area contributed by atoms with Crippen molar-refractivity contribution in [2.24, 2.45) is 0 Å². The zero-order valence-corrected chi connectivity index (χ0v) is 16.8. The highest BCUT2D eigenvalue weighted by atomic mass is 16.7. The van der Waals surface area contributed by atoms with Crippen LogP contribution in [-0.2, 0) is 14.2 Å². The number of hydrogen-bond acceptors (Lipinski definition) is 11. The Morgan fingerprint density at radius 1 is 1.09 bits per heavy atom. The minimum atomic E-state index is -1.72. The summed E-state index contributed by atoms with van der Waals surface area (Å²) in [6.07, 6.45) is -12.6. The van der Waals surface area contributed by atoms with Gasteiger partial charge in [-0.25, -0.2) is 4.79 Å². The Kier molecular flexibility index (Phi) is 7.94. The molecule has 0 unspecified atom stereocenters. The number of nitrogens with zero attached hydrogens (tertiary/aromatic N) is 1. The largest absolute Gasteiger partial charge is 0.451 e. The highest BCUT2D eigenvalue weighted by Crippen LogP contribution is 2.33. The Bertz CT molecular complexity index is 854. The van der Waals surface area contributed by atoms with Crippen LogP contribution in [0.5, 0.6) is 0 Å². The van der Waals surface area contributed by atoms with Crippen LogP contribution < -0.4 is 0 Å². The maximum Gasteiger partial charge on any atom is 0.338 e. The fraction of sp³-hybridized carbons (Fsp3) is 0.524. The van der Waals surface area contributed by atoms with Gasteiger partial charge in [-0.05, 0) is 12.1 Å². The van der Waals surface area contributed by atoms with Crippen molar-refractivity contribution in [3.8, 4) is 6.07 Å². The molecule has 1 aromatic carbocycles. The minimum absolute atomic E-state index is 0.00606. The normalized spacial score (nSPS) is 38.8. The number of aliphatic hydroxyl groups excluding tert-OH is 6. The van der Waals surface area contributed by atoms with Gasteiger partial charge in [0.25, 0.3) is 0 Å². The van der Waals surface area contributed by atoms with Crippen molar-refractivity contribution < 1.29 is 49.6 Å². The lowest BCUT2D eigenvalue weighted by Gasteiger charge is -2.43. The molecule has 1 heterocycles. The zero-order chi connectivity index (χ0) is 23.4. The Hall–Kier alpha value is -2.40. The molecule has 2 fully saturated rings. The lowest BCUT2D eigenvalue weighted by atomic mass is 9.84. The Morgan fingerprint density at radius 3 is 2.41 bits per heavy atom. The lowest BCUT2D eigenvalue weighted by molar-refractivity contribution is -0.312. The molecule has 1 aromatic rings. The molecule has 2 aliphatic rings. The van der Waals surface area contributed by atoms with Crippen LogP contribution in [0.3, 0.4) is 0 Å². The van der Waals surface area contributed by atoms with E-state index in [1.54, 1.807) is 24.3 Å². The third kappa shape index (κ3) is 4.98. The van der Waals surface area contributed by atoms with Crippen LogP contribution >= 0.6 is 0 Å². The number of carbonyl (C=O) groups excluding carboxylic acids is 1. The number of esters is 1. The highest BCUT2D eigenvalue weighted by molar-refractivity contribution is 5.89. The van der Waals surface area contributed by atoms with Crippen molar-refractivity contribution in [2.75, 3.05) is 6.61 Å². The van der Waals surface area contributed by atoms with Gasteiger partial charge in [-0.3, -0.25) is 0 Å². The van der Waals surface area contributed by atoms with Gasteiger partial charge >= 0.3 is 5.97 Å². The van der Waals surface area contributed by atoms with Crippen molar-refractivity contribution in [2.45, 2.75) is 61.5 Å². The summed E-state index contributed by atoms with van der Waals surface area (Å²) in [5.74, 6) is -0.806. The monoisotopic (exact) mass is 451 g/mol. The van der Waals surface area contributed by atoms with Gasteiger partial charge in [-0.15, -0.1) is 0 Å². The maximum absolute atomic E-state index is 12.5. The molecule has 0 radical (unpaired) electrons. The fourth-order valence-electron chi connectivity index (χ4n) is 3.70. The molecule has 0 bridgehead atoms. The van der Waals surface area contributed by atoms with E-state index in [1.165, 1.54) is 12.1 Å². The molecule has 9 atom stereocenters. The van der Waals surface area contributed by atoms with E-state index < -0.39 is 67.7 Å². The highest BCUT2D eigenvalue weighted by Gasteiger charge is 2.48. The van der Waals surface area contributed by atoms with Gasteiger partial charge in [0.2, 0.25) is 0 Å². The van der Waals surface area contributed by atoms with Crippen LogP contribution in [0.2, 0.25) is 0 Å². The quantitative estimate of drug-likeness (QED) is 0.214. The first-order valence-electron chi connectivity index (χ1n) is 9.96. The van der Waals surface area contributed by atoms with Gasteiger partial charge in [0, 0.05) is 18.1 Å². The predicted molar refractivity (Wildman–Crippen MR) is 105 cm³/mol. The van der Waals surface area contributed by atoms with Crippen LogP contribution in [0, 0.1) is 11.3 Å². The number of benzene rings is 1. The standard InChI is InChI=1S/C21H25NO10/c22-7-6-11-13(30-21-18(28)17(27)16(26)14(9-23)31-21)8-12(24)15(25)19(11)32-20(29)10-4-2-1-3-5-10/h1-6,12-19,21,23-28H,8-9H2/b11-6-/t12-,13+,14+,15-,16+,17-,18+,19-,21+/m0/s1. The van der Waals surface area contributed by atoms with Crippen molar-refractivity contribution in [3.05, 3.63) is 47.5 Å². The molecule has 3 rings (SSSR count). The van der Waals surface area contributed by atoms with Gasteiger partial charge < -0.3 is 44.8 Å². The van der Waals surface area contributed by atoms with Gasteiger partial charge in [0.1, 0.15) is 30.5 Å². The fourth-order valence-corrected chi connectivity index (χ4v) is 3.70. The van der Waals surface area contributed by atoms with Crippen LogP contribution in [0.25, 0.3) is 0 Å². The molecule has 0 amide bonds. The molecule has 174 valence electrons. The summed E-state index contributed by atoms with van der Waals surface area (Å²) in [5, 5.41) is 69.4. The lowest BCUT2D eigenvalue weighted by Crippen LogP contribution is -2.60. The Morgan fingerprint density at radius 2 is 1.78 bits per heavy atom. The molecule has 0 aromatic heterocycles. The van der Waals surface area contributed by atoms with E-state index in [1.807, 2.05) is 0 Å². The van der Waals surface area contributed by atoms with Gasteiger partial charge in [-0.2, -0.15) is 5.26 Å². The number of carbonyl (C=O) groups is 1. The molecule has 1 saturated carbocycles. The van der Waals surface area contributed by atoms with Crippen LogP contribution in [0.15, 0.2) is 42.0 Å².